The second-order valence-corrected chi connectivity index (χ2v) is 17.7. The van der Waals surface area contributed by atoms with Crippen molar-refractivity contribution < 1.29 is 20.8 Å². The van der Waals surface area contributed by atoms with Crippen LogP contribution in [0.25, 0.3) is 43.8 Å². The molecule has 0 spiro atoms. The first-order chi connectivity index (χ1) is 24.5. The van der Waals surface area contributed by atoms with Gasteiger partial charge in [0.2, 0.25) is 0 Å². The van der Waals surface area contributed by atoms with Crippen molar-refractivity contribution in [3.8, 4) is 22.3 Å². The number of hydrogen-bond donors (Lipinski definition) is 0. The molecule has 0 aliphatic heterocycles. The maximum absolute atomic E-state index is 4.93. The Morgan fingerprint density at radius 1 is 0.500 bits per heavy atom. The second-order valence-electron chi connectivity index (χ2n) is 12.9. The van der Waals surface area contributed by atoms with Gasteiger partial charge in [-0.2, -0.15) is 12.1 Å². The molecule has 0 amide bonds. The molecule has 0 heterocycles. The zero-order valence-corrected chi connectivity index (χ0v) is 36.2. The van der Waals surface area contributed by atoms with E-state index in [1.165, 1.54) is 117 Å². The average Bonchev–Trinajstić information content (AvgIpc) is 3.76. The summed E-state index contributed by atoms with van der Waals surface area (Å²) in [6.07, 6.45) is 12.1. The molecule has 0 nitrogen and oxygen atoms in total. The van der Waals surface area contributed by atoms with Gasteiger partial charge >= 0.3 is 37.9 Å². The fraction of sp³-hybridized carbons (Fsp3) is 0.348. The minimum atomic E-state index is -0.826. The summed E-state index contributed by atoms with van der Waals surface area (Å²) in [5, 5.41) is 5.60. The molecule has 0 N–H and O–H groups in total. The number of benzene rings is 4. The van der Waals surface area contributed by atoms with Crippen LogP contribution in [-0.2, 0) is 46.5 Å². The van der Waals surface area contributed by atoms with E-state index in [1.54, 1.807) is 0 Å². The zero-order chi connectivity index (χ0) is 36.1. The molecule has 0 bridgehead atoms. The summed E-state index contributed by atoms with van der Waals surface area (Å²) in [5.41, 5.74) is 11.5. The molecule has 4 heteroatoms. The number of hydrogen-bond acceptors (Lipinski definition) is 0. The van der Waals surface area contributed by atoms with Crippen LogP contribution in [0.1, 0.15) is 88.5 Å². The molecular weight excluding hydrogens is 743 g/mol. The molecule has 6 aromatic rings. The van der Waals surface area contributed by atoms with E-state index in [9.17, 15) is 0 Å². The minimum absolute atomic E-state index is 0.826. The van der Waals surface area contributed by atoms with Gasteiger partial charge in [0.15, 0.2) is 0 Å². The SMILES string of the molecule is CCCCc1cc2c(-c3ccccc3CCC)cccc2[cH-]1.CCCCc1cc2c(-c3ccccc3CCC)cccc2[cH-]1.C[Si]C.[Cl][Zr+2][Cl]. The van der Waals surface area contributed by atoms with Crippen molar-refractivity contribution in [1.29, 1.82) is 0 Å². The summed E-state index contributed by atoms with van der Waals surface area (Å²) < 4.78 is 0. The van der Waals surface area contributed by atoms with E-state index in [4.69, 9.17) is 17.0 Å². The summed E-state index contributed by atoms with van der Waals surface area (Å²) in [6.45, 7) is 13.3. The van der Waals surface area contributed by atoms with Crippen molar-refractivity contribution in [2.75, 3.05) is 0 Å². The molecule has 6 aromatic carbocycles. The molecular formula is C46H56Cl2SiZr. The molecule has 0 unspecified atom stereocenters. The third-order valence-corrected chi connectivity index (χ3v) is 8.91. The monoisotopic (exact) mass is 796 g/mol. The average molecular weight is 799 g/mol. The van der Waals surface area contributed by atoms with Gasteiger partial charge in [0.05, 0.1) is 0 Å². The molecule has 0 aromatic heterocycles. The van der Waals surface area contributed by atoms with Gasteiger partial charge in [0.1, 0.15) is 0 Å². The summed E-state index contributed by atoms with van der Waals surface area (Å²) in [7, 11) is 11.0. The predicted octanol–water partition coefficient (Wildman–Crippen LogP) is 15.2. The predicted molar refractivity (Wildman–Crippen MR) is 224 cm³/mol. The quantitative estimate of drug-likeness (QED) is 0.0854. The number of fused-ring (bicyclic) bond motifs is 2. The number of rotatable bonds is 12. The molecule has 50 heavy (non-hydrogen) atoms. The van der Waals surface area contributed by atoms with Crippen LogP contribution in [0.3, 0.4) is 0 Å². The first-order valence-corrected chi connectivity index (χ1v) is 26.9. The van der Waals surface area contributed by atoms with E-state index in [0.29, 0.717) is 0 Å². The van der Waals surface area contributed by atoms with E-state index in [0.717, 1.165) is 22.4 Å². The van der Waals surface area contributed by atoms with Crippen LogP contribution in [0.4, 0.5) is 0 Å². The van der Waals surface area contributed by atoms with Crippen LogP contribution < -0.4 is 0 Å². The zero-order valence-electron chi connectivity index (χ0n) is 31.2. The van der Waals surface area contributed by atoms with Gasteiger partial charge in [-0.15, -0.1) is 69.1 Å². The molecule has 0 saturated carbocycles. The Morgan fingerprint density at radius 2 is 0.860 bits per heavy atom. The Balaban J connectivity index is 0.000000234. The van der Waals surface area contributed by atoms with Crippen molar-refractivity contribution in [1.82, 2.24) is 0 Å². The van der Waals surface area contributed by atoms with Gasteiger partial charge in [0, 0.05) is 9.52 Å². The third-order valence-electron chi connectivity index (χ3n) is 8.91. The Bertz CT molecular complexity index is 1680. The number of unbranched alkanes of at least 4 members (excludes halogenated alkanes) is 2. The topological polar surface area (TPSA) is 0 Å². The number of aryl methyl sites for hydroxylation is 4. The summed E-state index contributed by atoms with van der Waals surface area (Å²) in [4.78, 5) is 0. The van der Waals surface area contributed by atoms with Gasteiger partial charge in [0.25, 0.3) is 0 Å². The van der Waals surface area contributed by atoms with E-state index >= 15 is 0 Å². The summed E-state index contributed by atoms with van der Waals surface area (Å²) >= 11 is -0.826. The standard InChI is InChI=1S/2C22H25.C2H6Si.2ClH.Zr/c2*1-3-5-10-17-15-19-12-8-14-21(22(19)16-17)20-13-7-6-11-18(20)9-4-2;1-3-2;;;/h2*6-8,11-16H,3-5,9-10H2,1-2H3;1-2H3;2*1H;/q2*-1;;;;+4/p-2. The molecule has 0 fully saturated rings. The van der Waals surface area contributed by atoms with Crippen molar-refractivity contribution in [2.24, 2.45) is 0 Å². The van der Waals surface area contributed by atoms with Gasteiger partial charge in [-0.05, 0) is 47.9 Å². The fourth-order valence-corrected chi connectivity index (χ4v) is 6.65. The molecule has 0 saturated heterocycles. The van der Waals surface area contributed by atoms with Crippen molar-refractivity contribution >= 4 is 48.1 Å². The van der Waals surface area contributed by atoms with Crippen LogP contribution in [0.2, 0.25) is 13.1 Å². The van der Waals surface area contributed by atoms with Gasteiger partial charge in [-0.1, -0.05) is 151 Å². The maximum atomic E-state index is 4.93. The van der Waals surface area contributed by atoms with Crippen LogP contribution >= 0.6 is 17.0 Å². The van der Waals surface area contributed by atoms with Crippen molar-refractivity contribution in [2.45, 2.75) is 105 Å². The fourth-order valence-electron chi connectivity index (χ4n) is 6.65. The molecule has 262 valence electrons. The van der Waals surface area contributed by atoms with Gasteiger partial charge in [-0.25, -0.2) is 0 Å². The Kier molecular flexibility index (Phi) is 20.3. The summed E-state index contributed by atoms with van der Waals surface area (Å²) in [6, 6.07) is 40.7. The third kappa shape index (κ3) is 12.5. The van der Waals surface area contributed by atoms with Crippen LogP contribution in [0.15, 0.2) is 109 Å². The van der Waals surface area contributed by atoms with E-state index < -0.39 is 20.8 Å². The Morgan fingerprint density at radius 3 is 1.22 bits per heavy atom. The van der Waals surface area contributed by atoms with E-state index in [2.05, 4.69) is 150 Å². The number of halogens is 2. The molecule has 0 aliphatic rings. The van der Waals surface area contributed by atoms with Gasteiger partial charge in [-0.3, -0.25) is 0 Å². The first kappa shape index (κ1) is 42.2. The molecule has 6 rings (SSSR count). The molecule has 0 aliphatic carbocycles. The van der Waals surface area contributed by atoms with E-state index in [-0.39, 0.29) is 0 Å². The first-order valence-electron chi connectivity index (χ1n) is 18.6. The second kappa shape index (κ2) is 24.1. The normalized spacial score (nSPS) is 10.4. The molecule has 0 atom stereocenters. The van der Waals surface area contributed by atoms with Crippen LogP contribution in [0, 0.1) is 0 Å². The Labute approximate surface area is 325 Å². The molecule has 2 radical (unpaired) electrons. The van der Waals surface area contributed by atoms with Crippen molar-refractivity contribution in [3.05, 3.63) is 131 Å². The summed E-state index contributed by atoms with van der Waals surface area (Å²) in [5.74, 6) is 0. The van der Waals surface area contributed by atoms with Crippen LogP contribution in [0.5, 0.6) is 0 Å². The Hall–Kier alpha value is -2.22. The van der Waals surface area contributed by atoms with Crippen molar-refractivity contribution in [3.63, 3.8) is 0 Å². The van der Waals surface area contributed by atoms with Crippen LogP contribution in [-0.4, -0.2) is 9.52 Å². The van der Waals surface area contributed by atoms with E-state index in [1.807, 2.05) is 0 Å². The van der Waals surface area contributed by atoms with Gasteiger partial charge < -0.3 is 0 Å².